The summed E-state index contributed by atoms with van der Waals surface area (Å²) in [5, 5.41) is 4.76. The van der Waals surface area contributed by atoms with Gasteiger partial charge in [0.15, 0.2) is 0 Å². The molecular weight excluding hydrogens is 316 g/mol. The quantitative estimate of drug-likeness (QED) is 0.827. The molecule has 2 rings (SSSR count). The Morgan fingerprint density at radius 3 is 2.21 bits per heavy atom. The molecule has 24 heavy (non-hydrogen) atoms. The summed E-state index contributed by atoms with van der Waals surface area (Å²) in [6.45, 7) is 2.97. The maximum atomic E-state index is 13.6. The zero-order chi connectivity index (χ0) is 17.7. The molecule has 0 saturated heterocycles. The van der Waals surface area contributed by atoms with E-state index in [0.717, 1.165) is 17.7 Å². The molecule has 0 spiro atoms. The molecule has 1 aromatic carbocycles. The van der Waals surface area contributed by atoms with Crippen LogP contribution in [0.25, 0.3) is 0 Å². The maximum Gasteiger partial charge on any atom is 0.239 e. The third kappa shape index (κ3) is 3.92. The number of benzene rings is 1. The van der Waals surface area contributed by atoms with Crippen LogP contribution in [0.2, 0.25) is 0 Å². The lowest BCUT2D eigenvalue weighted by molar-refractivity contribution is -0.138. The van der Waals surface area contributed by atoms with E-state index in [0.29, 0.717) is 0 Å². The molecule has 0 aliphatic carbocycles. The summed E-state index contributed by atoms with van der Waals surface area (Å²) in [7, 11) is 0. The second-order valence-corrected chi connectivity index (χ2v) is 5.71. The monoisotopic (exact) mass is 333 g/mol. The molecule has 0 radical (unpaired) electrons. The lowest BCUT2D eigenvalue weighted by Gasteiger charge is -2.23. The predicted octanol–water partition coefficient (Wildman–Crippen LogP) is 2.64. The Balaban J connectivity index is 2.05. The zero-order valence-electron chi connectivity index (χ0n) is 13.3. The molecule has 2 aromatic rings. The Morgan fingerprint density at radius 2 is 1.62 bits per heavy atom. The zero-order valence-corrected chi connectivity index (χ0v) is 13.3. The summed E-state index contributed by atoms with van der Waals surface area (Å²) in [5.74, 6) is -3.18. The Morgan fingerprint density at radius 1 is 1.04 bits per heavy atom. The van der Waals surface area contributed by atoms with Crippen molar-refractivity contribution in [3.05, 3.63) is 59.9 Å². The van der Waals surface area contributed by atoms with Crippen LogP contribution in [0.3, 0.4) is 0 Å². The molecule has 7 heteroatoms. The second kappa shape index (κ2) is 7.16. The molecule has 5 nitrogen and oxygen atoms in total. The van der Waals surface area contributed by atoms with Crippen molar-refractivity contribution in [1.29, 1.82) is 0 Å². The largest absolute Gasteiger partial charge is 0.351 e. The summed E-state index contributed by atoms with van der Waals surface area (Å²) in [5.41, 5.74) is -1.27. The molecule has 0 unspecified atom stereocenters. The van der Waals surface area contributed by atoms with E-state index in [-0.39, 0.29) is 6.54 Å². The number of pyridine rings is 1. The van der Waals surface area contributed by atoms with E-state index in [2.05, 4.69) is 15.6 Å². The number of para-hydroxylation sites is 1. The number of nitrogens with zero attached hydrogens (tertiary/aromatic N) is 1. The average molecular weight is 333 g/mol. The number of carbonyl (C=O) groups is 2. The number of anilines is 1. The van der Waals surface area contributed by atoms with Crippen LogP contribution in [0.15, 0.2) is 42.7 Å². The summed E-state index contributed by atoms with van der Waals surface area (Å²) in [4.78, 5) is 28.4. The number of nitrogens with one attached hydrogen (secondary N) is 2. The Hall–Kier alpha value is -2.83. The normalized spacial score (nSPS) is 11.0. The van der Waals surface area contributed by atoms with Gasteiger partial charge in [0.2, 0.25) is 11.8 Å². The molecule has 126 valence electrons. The van der Waals surface area contributed by atoms with Crippen molar-refractivity contribution in [2.45, 2.75) is 20.4 Å². The summed E-state index contributed by atoms with van der Waals surface area (Å²) >= 11 is 0. The Labute approximate surface area is 138 Å². The van der Waals surface area contributed by atoms with Crippen LogP contribution in [0, 0.1) is 17.0 Å². The first-order valence-corrected chi connectivity index (χ1v) is 7.25. The fraction of sp³-hybridized carbons (Fsp3) is 0.235. The van der Waals surface area contributed by atoms with Crippen LogP contribution in [0.5, 0.6) is 0 Å². The number of amides is 2. The van der Waals surface area contributed by atoms with Crippen molar-refractivity contribution in [1.82, 2.24) is 10.3 Å². The molecule has 1 heterocycles. The van der Waals surface area contributed by atoms with Gasteiger partial charge in [0.25, 0.3) is 0 Å². The molecule has 0 bridgehead atoms. The summed E-state index contributed by atoms with van der Waals surface area (Å²) in [6, 6.07) is 6.68. The molecule has 2 N–H and O–H groups in total. The van der Waals surface area contributed by atoms with Crippen molar-refractivity contribution >= 4 is 17.5 Å². The third-order valence-corrected chi connectivity index (χ3v) is 3.54. The SMILES string of the molecule is CC(C)(C(=O)NCc1ccncc1)C(=O)Nc1c(F)cccc1F. The van der Waals surface area contributed by atoms with Gasteiger partial charge in [-0.1, -0.05) is 6.07 Å². The van der Waals surface area contributed by atoms with Crippen LogP contribution in [0.4, 0.5) is 14.5 Å². The fourth-order valence-corrected chi connectivity index (χ4v) is 1.89. The highest BCUT2D eigenvalue weighted by molar-refractivity contribution is 6.09. The molecule has 0 fully saturated rings. The highest BCUT2D eigenvalue weighted by Crippen LogP contribution is 2.23. The smallest absolute Gasteiger partial charge is 0.239 e. The van der Waals surface area contributed by atoms with Gasteiger partial charge in [0.05, 0.1) is 0 Å². The van der Waals surface area contributed by atoms with Crippen LogP contribution < -0.4 is 10.6 Å². The summed E-state index contributed by atoms with van der Waals surface area (Å²) < 4.78 is 27.2. The molecule has 1 aromatic heterocycles. The van der Waals surface area contributed by atoms with Crippen LogP contribution in [-0.2, 0) is 16.1 Å². The van der Waals surface area contributed by atoms with E-state index in [9.17, 15) is 18.4 Å². The van der Waals surface area contributed by atoms with Crippen LogP contribution >= 0.6 is 0 Å². The van der Waals surface area contributed by atoms with Crippen LogP contribution in [0.1, 0.15) is 19.4 Å². The molecule has 0 aliphatic heterocycles. The Bertz CT molecular complexity index is 729. The first-order valence-electron chi connectivity index (χ1n) is 7.25. The average Bonchev–Trinajstić information content (AvgIpc) is 2.56. The van der Waals surface area contributed by atoms with E-state index in [1.807, 2.05) is 0 Å². The predicted molar refractivity (Wildman–Crippen MR) is 84.9 cm³/mol. The number of hydrogen-bond donors (Lipinski definition) is 2. The van der Waals surface area contributed by atoms with Gasteiger partial charge in [0, 0.05) is 18.9 Å². The minimum Gasteiger partial charge on any atom is -0.351 e. The van der Waals surface area contributed by atoms with Gasteiger partial charge in [-0.2, -0.15) is 0 Å². The standard InChI is InChI=1S/C17H17F2N3O2/c1-17(2,15(23)21-10-11-6-8-20-9-7-11)16(24)22-14-12(18)4-3-5-13(14)19/h3-9H,10H2,1-2H3,(H,21,23)(H,22,24). The summed E-state index contributed by atoms with van der Waals surface area (Å²) in [6.07, 6.45) is 3.17. The van der Waals surface area contributed by atoms with Gasteiger partial charge in [0.1, 0.15) is 22.7 Å². The maximum absolute atomic E-state index is 13.6. The highest BCUT2D eigenvalue weighted by Gasteiger charge is 2.36. The highest BCUT2D eigenvalue weighted by atomic mass is 19.1. The molecular formula is C17H17F2N3O2. The molecule has 0 atom stereocenters. The first kappa shape index (κ1) is 17.5. The van der Waals surface area contributed by atoms with Crippen molar-refractivity contribution in [3.63, 3.8) is 0 Å². The van der Waals surface area contributed by atoms with E-state index in [4.69, 9.17) is 0 Å². The molecule has 0 saturated carbocycles. The number of carbonyl (C=O) groups excluding carboxylic acids is 2. The Kier molecular flexibility index (Phi) is 5.23. The fourth-order valence-electron chi connectivity index (χ4n) is 1.89. The number of hydrogen-bond acceptors (Lipinski definition) is 3. The van der Waals surface area contributed by atoms with Crippen molar-refractivity contribution < 1.29 is 18.4 Å². The van der Waals surface area contributed by atoms with E-state index in [1.165, 1.54) is 19.9 Å². The van der Waals surface area contributed by atoms with Gasteiger partial charge >= 0.3 is 0 Å². The topological polar surface area (TPSA) is 71.1 Å². The van der Waals surface area contributed by atoms with Gasteiger partial charge in [-0.3, -0.25) is 14.6 Å². The van der Waals surface area contributed by atoms with Gasteiger partial charge in [-0.15, -0.1) is 0 Å². The number of halogens is 2. The number of rotatable bonds is 5. The van der Waals surface area contributed by atoms with Crippen LogP contribution in [-0.4, -0.2) is 16.8 Å². The van der Waals surface area contributed by atoms with Gasteiger partial charge < -0.3 is 10.6 Å². The van der Waals surface area contributed by atoms with Gasteiger partial charge in [-0.05, 0) is 43.7 Å². The van der Waals surface area contributed by atoms with Crippen molar-refractivity contribution in [2.75, 3.05) is 5.32 Å². The van der Waals surface area contributed by atoms with Crippen molar-refractivity contribution in [2.24, 2.45) is 5.41 Å². The lowest BCUT2D eigenvalue weighted by atomic mass is 9.90. The molecule has 0 aliphatic rings. The van der Waals surface area contributed by atoms with Crippen molar-refractivity contribution in [3.8, 4) is 0 Å². The minimum atomic E-state index is -1.51. The minimum absolute atomic E-state index is 0.214. The first-order chi connectivity index (χ1) is 11.3. The van der Waals surface area contributed by atoms with E-state index >= 15 is 0 Å². The number of aromatic nitrogens is 1. The third-order valence-electron chi connectivity index (χ3n) is 3.54. The van der Waals surface area contributed by atoms with E-state index < -0.39 is 34.6 Å². The second-order valence-electron chi connectivity index (χ2n) is 5.71. The van der Waals surface area contributed by atoms with E-state index in [1.54, 1.807) is 24.5 Å². The molecule has 2 amide bonds. The lowest BCUT2D eigenvalue weighted by Crippen LogP contribution is -2.45. The van der Waals surface area contributed by atoms with Gasteiger partial charge in [-0.25, -0.2) is 8.78 Å².